The van der Waals surface area contributed by atoms with Gasteiger partial charge in [-0.15, -0.1) is 93.9 Å². The molecule has 2 radical (unpaired) electrons. The van der Waals surface area contributed by atoms with E-state index >= 15 is 0 Å². The molecule has 0 saturated carbocycles. The van der Waals surface area contributed by atoms with Gasteiger partial charge in [0.15, 0.2) is 0 Å². The molecular formula is C40H46Cl2SiZr-4. The Morgan fingerprint density at radius 3 is 1.09 bits per heavy atom. The number of benzene rings is 4. The van der Waals surface area contributed by atoms with Crippen molar-refractivity contribution < 1.29 is 23.3 Å². The molecule has 0 unspecified atom stereocenters. The van der Waals surface area contributed by atoms with Crippen molar-refractivity contribution in [2.75, 3.05) is 0 Å². The quantitative estimate of drug-likeness (QED) is 0.124. The van der Waals surface area contributed by atoms with Gasteiger partial charge in [-0.25, -0.2) is 0 Å². The van der Waals surface area contributed by atoms with Gasteiger partial charge < -0.3 is 14.9 Å². The van der Waals surface area contributed by atoms with E-state index in [2.05, 4.69) is 170 Å². The molecule has 232 valence electrons. The van der Waals surface area contributed by atoms with Crippen molar-refractivity contribution >= 4 is 53.2 Å². The SMILES string of the molecule is CC(C)(C)c1cc2c(-c3ccccc3)cccc2[cH-]1.CC(C)(C)c1cc2c(-c3ccccc3)cccc2[cH-]1.Cl.Cl.[CH3-].[CH3-].[Si]=[Zr]. The zero-order chi connectivity index (χ0) is 28.9. The van der Waals surface area contributed by atoms with Crippen LogP contribution in [0.1, 0.15) is 52.7 Å². The van der Waals surface area contributed by atoms with Gasteiger partial charge in [0.05, 0.1) is 0 Å². The summed E-state index contributed by atoms with van der Waals surface area (Å²) in [5, 5.41) is 5.40. The molecule has 0 amide bonds. The van der Waals surface area contributed by atoms with E-state index in [1.54, 1.807) is 0 Å². The third kappa shape index (κ3) is 9.89. The predicted molar refractivity (Wildman–Crippen MR) is 200 cm³/mol. The first-order valence-electron chi connectivity index (χ1n) is 13.9. The average Bonchev–Trinajstić information content (AvgIpc) is 3.61. The summed E-state index contributed by atoms with van der Waals surface area (Å²) in [4.78, 5) is 0. The van der Waals surface area contributed by atoms with Gasteiger partial charge in [0.2, 0.25) is 0 Å². The van der Waals surface area contributed by atoms with Crippen molar-refractivity contribution in [2.45, 2.75) is 52.4 Å². The summed E-state index contributed by atoms with van der Waals surface area (Å²) in [5.74, 6) is 0. The van der Waals surface area contributed by atoms with Crippen molar-refractivity contribution in [1.82, 2.24) is 0 Å². The molecule has 44 heavy (non-hydrogen) atoms. The van der Waals surface area contributed by atoms with Crippen molar-refractivity contribution in [3.63, 3.8) is 0 Å². The molecule has 0 N–H and O–H groups in total. The molecule has 0 spiro atoms. The second-order valence-electron chi connectivity index (χ2n) is 12.3. The van der Waals surface area contributed by atoms with E-state index in [0.717, 1.165) is 0 Å². The fraction of sp³-hybridized carbons (Fsp3) is 0.200. The van der Waals surface area contributed by atoms with E-state index in [0.29, 0.717) is 0 Å². The third-order valence-electron chi connectivity index (χ3n) is 7.40. The molecule has 6 rings (SSSR count). The molecule has 0 atom stereocenters. The Morgan fingerprint density at radius 2 is 0.795 bits per heavy atom. The van der Waals surface area contributed by atoms with E-state index in [-0.39, 0.29) is 50.5 Å². The second-order valence-corrected chi connectivity index (χ2v) is 12.3. The van der Waals surface area contributed by atoms with Crippen molar-refractivity contribution in [3.8, 4) is 22.3 Å². The molecule has 4 heteroatoms. The Hall–Kier alpha value is -2.22. The zero-order valence-corrected chi connectivity index (χ0v) is 32.5. The van der Waals surface area contributed by atoms with Crippen LogP contribution in [0.5, 0.6) is 0 Å². The first-order chi connectivity index (χ1) is 19.1. The topological polar surface area (TPSA) is 0 Å². The van der Waals surface area contributed by atoms with Gasteiger partial charge in [-0.3, -0.25) is 0 Å². The van der Waals surface area contributed by atoms with Crippen LogP contribution in [-0.4, -0.2) is 6.88 Å². The molecule has 6 aromatic rings. The van der Waals surface area contributed by atoms with E-state index in [9.17, 15) is 0 Å². The van der Waals surface area contributed by atoms with E-state index < -0.39 is 0 Å². The monoisotopic (exact) mass is 714 g/mol. The summed E-state index contributed by atoms with van der Waals surface area (Å²) in [7, 11) is 0. The predicted octanol–water partition coefficient (Wildman–Crippen LogP) is 12.4. The minimum absolute atomic E-state index is 0. The summed E-state index contributed by atoms with van der Waals surface area (Å²) in [6, 6.07) is 43.7. The van der Waals surface area contributed by atoms with Gasteiger partial charge in [-0.05, 0) is 22.0 Å². The minimum atomic E-state index is 0. The standard InChI is InChI=1S/2C19H19.2CH3.2ClH.Si.Zr/c2*1-19(2,3)16-12-15-10-7-11-17(18(15)13-16)14-8-5-4-6-9-14;;;;;;/h2*4-13H,1-3H3;2*1H3;2*1H;;/q4*-1;;;;. The second kappa shape index (κ2) is 18.1. The molecule has 0 aromatic heterocycles. The summed E-state index contributed by atoms with van der Waals surface area (Å²) in [5.41, 5.74) is 8.46. The number of halogens is 2. The van der Waals surface area contributed by atoms with Gasteiger partial charge >= 0.3 is 30.2 Å². The molecule has 0 fully saturated rings. The molecule has 0 saturated heterocycles. The van der Waals surface area contributed by atoms with Crippen LogP contribution in [0, 0.1) is 14.9 Å². The van der Waals surface area contributed by atoms with Crippen LogP contribution in [0.3, 0.4) is 0 Å². The fourth-order valence-corrected chi connectivity index (χ4v) is 5.07. The van der Waals surface area contributed by atoms with E-state index in [1.807, 2.05) is 0 Å². The van der Waals surface area contributed by atoms with Crippen LogP contribution in [0.15, 0.2) is 121 Å². The van der Waals surface area contributed by atoms with Gasteiger partial charge in [0, 0.05) is 0 Å². The van der Waals surface area contributed by atoms with Gasteiger partial charge in [0.25, 0.3) is 0 Å². The first-order valence-corrected chi connectivity index (χ1v) is 18.1. The van der Waals surface area contributed by atoms with Crippen molar-refractivity contribution in [1.29, 1.82) is 0 Å². The van der Waals surface area contributed by atoms with E-state index in [4.69, 9.17) is 0 Å². The summed E-state index contributed by atoms with van der Waals surface area (Å²) in [6.07, 6.45) is 0. The Bertz CT molecular complexity index is 1560. The molecule has 0 aliphatic carbocycles. The van der Waals surface area contributed by atoms with Crippen LogP contribution in [-0.2, 0) is 34.2 Å². The Labute approximate surface area is 296 Å². The number of fused-ring (bicyclic) bond motifs is 2. The number of rotatable bonds is 2. The maximum absolute atomic E-state index is 3.06. The Morgan fingerprint density at radius 1 is 0.477 bits per heavy atom. The maximum atomic E-state index is 3.06. The Balaban J connectivity index is 0.000000733. The van der Waals surface area contributed by atoms with Crippen LogP contribution >= 0.6 is 24.8 Å². The molecule has 0 bridgehead atoms. The van der Waals surface area contributed by atoms with Crippen molar-refractivity contribution in [2.24, 2.45) is 0 Å². The molecule has 6 aromatic carbocycles. The summed E-state index contributed by atoms with van der Waals surface area (Å²) in [6.45, 7) is 16.7. The van der Waals surface area contributed by atoms with Crippen LogP contribution in [0.4, 0.5) is 0 Å². The third-order valence-corrected chi connectivity index (χ3v) is 7.40. The summed E-state index contributed by atoms with van der Waals surface area (Å²) < 4.78 is 0. The molecule has 0 heterocycles. The zero-order valence-electron chi connectivity index (χ0n) is 27.4. The van der Waals surface area contributed by atoms with Crippen molar-refractivity contribution in [3.05, 3.63) is 147 Å². The Kier molecular flexibility index (Phi) is 17.1. The molecule has 0 nitrogen and oxygen atoms in total. The fourth-order valence-electron chi connectivity index (χ4n) is 5.07. The number of hydrogen-bond acceptors (Lipinski definition) is 0. The summed E-state index contributed by atoms with van der Waals surface area (Å²) >= 11 is 1.36. The van der Waals surface area contributed by atoms with Crippen LogP contribution in [0.2, 0.25) is 0 Å². The molecule has 0 aliphatic rings. The number of hydrogen-bond donors (Lipinski definition) is 0. The molecule has 0 aliphatic heterocycles. The molecular weight excluding hydrogens is 671 g/mol. The van der Waals surface area contributed by atoms with Gasteiger partial charge in [-0.2, -0.15) is 12.1 Å². The van der Waals surface area contributed by atoms with Gasteiger partial charge in [0.1, 0.15) is 0 Å². The van der Waals surface area contributed by atoms with Crippen LogP contribution < -0.4 is 0 Å². The average molecular weight is 717 g/mol. The van der Waals surface area contributed by atoms with E-state index in [1.165, 1.54) is 78.3 Å². The normalized spacial score (nSPS) is 10.4. The first kappa shape index (κ1) is 41.8. The van der Waals surface area contributed by atoms with Gasteiger partial charge in [-0.1, -0.05) is 125 Å². The van der Waals surface area contributed by atoms with Crippen LogP contribution in [0.25, 0.3) is 43.8 Å².